The summed E-state index contributed by atoms with van der Waals surface area (Å²) in [6, 6.07) is 9.73. The lowest BCUT2D eigenvalue weighted by Gasteiger charge is -2.24. The topological polar surface area (TPSA) is 54.6 Å². The zero-order valence-corrected chi connectivity index (χ0v) is 12.4. The molecule has 0 aliphatic heterocycles. The van der Waals surface area contributed by atoms with Gasteiger partial charge in [0, 0.05) is 12.6 Å². The number of halogens is 2. The fraction of sp³-hybridized carbons (Fsp3) is 0.375. The molecule has 6 heteroatoms. The van der Waals surface area contributed by atoms with E-state index in [1.807, 2.05) is 6.92 Å². The molecule has 0 aliphatic rings. The van der Waals surface area contributed by atoms with Crippen LogP contribution in [0, 0.1) is 0 Å². The Kier molecular flexibility index (Phi) is 5.15. The predicted octanol–water partition coefficient (Wildman–Crippen LogP) is 3.44. The fourth-order valence-corrected chi connectivity index (χ4v) is 2.10. The molecule has 4 nitrogen and oxygen atoms in total. The summed E-state index contributed by atoms with van der Waals surface area (Å²) in [6.45, 7) is 0.918. The molecule has 1 aromatic heterocycles. The van der Waals surface area contributed by atoms with Crippen molar-refractivity contribution in [2.45, 2.75) is 32.1 Å². The second-order valence-corrected chi connectivity index (χ2v) is 5.30. The number of hydrogen-bond acceptors (Lipinski definition) is 4. The number of hydrogen-bond donors (Lipinski definition) is 2. The Balaban J connectivity index is 1.99. The van der Waals surface area contributed by atoms with Crippen molar-refractivity contribution in [1.82, 2.24) is 5.32 Å². The molecule has 0 saturated carbocycles. The van der Waals surface area contributed by atoms with Crippen LogP contribution in [0.4, 0.5) is 8.78 Å². The van der Waals surface area contributed by atoms with Gasteiger partial charge in [-0.05, 0) is 43.7 Å². The van der Waals surface area contributed by atoms with Gasteiger partial charge in [0.15, 0.2) is 0 Å². The van der Waals surface area contributed by atoms with Crippen molar-refractivity contribution < 1.29 is 23.0 Å². The van der Waals surface area contributed by atoms with Crippen molar-refractivity contribution in [2.24, 2.45) is 0 Å². The Hall–Kier alpha value is -1.92. The summed E-state index contributed by atoms with van der Waals surface area (Å²) in [5.41, 5.74) is -0.372. The molecule has 0 unspecified atom stereocenters. The first-order chi connectivity index (χ1) is 10.4. The molecule has 0 amide bonds. The first kappa shape index (κ1) is 16.5. The maximum absolute atomic E-state index is 12.2. The van der Waals surface area contributed by atoms with Gasteiger partial charge >= 0.3 is 6.61 Å². The monoisotopic (exact) mass is 311 g/mol. The van der Waals surface area contributed by atoms with E-state index in [2.05, 4.69) is 10.1 Å². The van der Waals surface area contributed by atoms with E-state index in [9.17, 15) is 13.9 Å². The van der Waals surface area contributed by atoms with Crippen molar-refractivity contribution in [3.05, 3.63) is 54.0 Å². The number of benzene rings is 1. The average Bonchev–Trinajstić information content (AvgIpc) is 2.99. The molecule has 2 N–H and O–H groups in total. The van der Waals surface area contributed by atoms with E-state index >= 15 is 0 Å². The number of aliphatic hydroxyl groups is 1. The molecule has 0 spiro atoms. The third-order valence-corrected chi connectivity index (χ3v) is 3.39. The number of rotatable bonds is 7. The van der Waals surface area contributed by atoms with Crippen LogP contribution >= 0.6 is 0 Å². The third-order valence-electron chi connectivity index (χ3n) is 3.39. The number of ether oxygens (including phenoxy) is 1. The number of furan rings is 1. The lowest BCUT2D eigenvalue weighted by Crippen LogP contribution is -2.36. The Bertz CT molecular complexity index is 585. The lowest BCUT2D eigenvalue weighted by molar-refractivity contribution is -0.0499. The van der Waals surface area contributed by atoms with E-state index in [0.29, 0.717) is 5.76 Å². The summed E-state index contributed by atoms with van der Waals surface area (Å²) in [5, 5.41) is 13.5. The van der Waals surface area contributed by atoms with E-state index in [1.54, 1.807) is 37.3 Å². The Labute approximate surface area is 127 Å². The van der Waals surface area contributed by atoms with Crippen molar-refractivity contribution in [3.63, 3.8) is 0 Å². The molecule has 2 aromatic rings. The van der Waals surface area contributed by atoms with Crippen molar-refractivity contribution >= 4 is 0 Å². The highest BCUT2D eigenvalue weighted by atomic mass is 19.3. The highest BCUT2D eigenvalue weighted by Crippen LogP contribution is 2.23. The highest BCUT2D eigenvalue weighted by molar-refractivity contribution is 5.30. The molecular weight excluding hydrogens is 292 g/mol. The first-order valence-electron chi connectivity index (χ1n) is 6.93. The molecule has 0 radical (unpaired) electrons. The molecular formula is C16H19F2NO3. The van der Waals surface area contributed by atoms with Gasteiger partial charge in [-0.1, -0.05) is 12.1 Å². The van der Waals surface area contributed by atoms with Gasteiger partial charge in [0.1, 0.15) is 17.1 Å². The third kappa shape index (κ3) is 4.29. The molecule has 0 saturated heterocycles. The van der Waals surface area contributed by atoms with Gasteiger partial charge in [0.05, 0.1) is 6.26 Å². The van der Waals surface area contributed by atoms with Crippen molar-refractivity contribution in [2.75, 3.05) is 6.54 Å². The summed E-state index contributed by atoms with van der Waals surface area (Å²) in [5.74, 6) is 0.570. The van der Waals surface area contributed by atoms with Crippen LogP contribution in [-0.4, -0.2) is 18.3 Å². The standard InChI is InChI=1S/C16H19F2NO3/c1-11(12-5-3-6-13(9-12)22-15(17)18)19-10-16(2,20)14-7-4-8-21-14/h3-9,11,15,19-20H,10H2,1-2H3/t11-,16+/m1/s1. The van der Waals surface area contributed by atoms with E-state index in [0.717, 1.165) is 5.56 Å². The molecule has 22 heavy (non-hydrogen) atoms. The zero-order valence-electron chi connectivity index (χ0n) is 12.4. The molecule has 0 fully saturated rings. The highest BCUT2D eigenvalue weighted by Gasteiger charge is 2.26. The molecule has 2 atom stereocenters. The number of nitrogens with one attached hydrogen (secondary N) is 1. The smallest absolute Gasteiger partial charge is 0.387 e. The maximum atomic E-state index is 12.2. The predicted molar refractivity (Wildman–Crippen MR) is 77.8 cm³/mol. The molecule has 0 aliphatic carbocycles. The van der Waals surface area contributed by atoms with Gasteiger partial charge in [-0.25, -0.2) is 0 Å². The SMILES string of the molecule is C[C@@H](NC[C@](C)(O)c1ccco1)c1cccc(OC(F)F)c1. The zero-order chi connectivity index (χ0) is 16.2. The summed E-state index contributed by atoms with van der Waals surface area (Å²) < 4.78 is 34.1. The van der Waals surface area contributed by atoms with Crippen molar-refractivity contribution in [3.8, 4) is 5.75 Å². The molecule has 0 bridgehead atoms. The van der Waals surface area contributed by atoms with Gasteiger partial charge in [-0.15, -0.1) is 0 Å². The minimum absolute atomic E-state index is 0.110. The normalized spacial score (nSPS) is 15.5. The van der Waals surface area contributed by atoms with Crippen LogP contribution in [0.2, 0.25) is 0 Å². The largest absolute Gasteiger partial charge is 0.466 e. The second kappa shape index (κ2) is 6.89. The fourth-order valence-electron chi connectivity index (χ4n) is 2.10. The quantitative estimate of drug-likeness (QED) is 0.822. The van der Waals surface area contributed by atoms with Crippen LogP contribution in [0.15, 0.2) is 47.1 Å². The van der Waals surface area contributed by atoms with Crippen LogP contribution in [0.1, 0.15) is 31.2 Å². The van der Waals surface area contributed by atoms with Crippen LogP contribution in [0.25, 0.3) is 0 Å². The molecule has 120 valence electrons. The minimum atomic E-state index is -2.85. The van der Waals surface area contributed by atoms with Crippen LogP contribution in [0.5, 0.6) is 5.75 Å². The molecule has 2 rings (SSSR count). The van der Waals surface area contributed by atoms with Crippen LogP contribution in [-0.2, 0) is 5.60 Å². The maximum Gasteiger partial charge on any atom is 0.387 e. The Morgan fingerprint density at radius 3 is 2.73 bits per heavy atom. The van der Waals surface area contributed by atoms with E-state index < -0.39 is 12.2 Å². The minimum Gasteiger partial charge on any atom is -0.466 e. The van der Waals surface area contributed by atoms with E-state index in [1.165, 1.54) is 12.3 Å². The Morgan fingerprint density at radius 1 is 1.32 bits per heavy atom. The second-order valence-electron chi connectivity index (χ2n) is 5.30. The van der Waals surface area contributed by atoms with Gasteiger partial charge in [-0.3, -0.25) is 0 Å². The van der Waals surface area contributed by atoms with Gasteiger partial charge in [-0.2, -0.15) is 8.78 Å². The molecule has 1 aromatic carbocycles. The van der Waals surface area contributed by atoms with Gasteiger partial charge < -0.3 is 19.6 Å². The number of alkyl halides is 2. The summed E-state index contributed by atoms with van der Waals surface area (Å²) >= 11 is 0. The van der Waals surface area contributed by atoms with Crippen molar-refractivity contribution in [1.29, 1.82) is 0 Å². The van der Waals surface area contributed by atoms with E-state index in [-0.39, 0.29) is 18.3 Å². The van der Waals surface area contributed by atoms with Crippen LogP contribution in [0.3, 0.4) is 0 Å². The average molecular weight is 311 g/mol. The molecule has 1 heterocycles. The summed E-state index contributed by atoms with van der Waals surface area (Å²) in [4.78, 5) is 0. The van der Waals surface area contributed by atoms with E-state index in [4.69, 9.17) is 4.42 Å². The van der Waals surface area contributed by atoms with Gasteiger partial charge in [0.25, 0.3) is 0 Å². The van der Waals surface area contributed by atoms with Gasteiger partial charge in [0.2, 0.25) is 0 Å². The summed E-state index contributed by atoms with van der Waals surface area (Å²) in [6.07, 6.45) is 1.50. The van der Waals surface area contributed by atoms with Crippen LogP contribution < -0.4 is 10.1 Å². The lowest BCUT2D eigenvalue weighted by atomic mass is 10.0. The first-order valence-corrected chi connectivity index (χ1v) is 6.93. The Morgan fingerprint density at radius 2 is 2.09 bits per heavy atom. The summed E-state index contributed by atoms with van der Waals surface area (Å²) in [7, 11) is 0.